The van der Waals surface area contributed by atoms with Gasteiger partial charge in [0.05, 0.1) is 0 Å². The maximum absolute atomic E-state index is 6.32. The van der Waals surface area contributed by atoms with Crippen LogP contribution in [0, 0.1) is 0 Å². The van der Waals surface area contributed by atoms with E-state index in [2.05, 4.69) is 0 Å². The summed E-state index contributed by atoms with van der Waals surface area (Å²) >= 11 is -4.20. The van der Waals surface area contributed by atoms with Crippen molar-refractivity contribution >= 4 is 0 Å². The van der Waals surface area contributed by atoms with Crippen molar-refractivity contribution in [3.8, 4) is 23.0 Å². The van der Waals surface area contributed by atoms with Crippen molar-refractivity contribution in [3.05, 3.63) is 121 Å². The van der Waals surface area contributed by atoms with Gasteiger partial charge in [-0.05, 0) is 0 Å². The standard InChI is InChI=1S/4C6H6O.V/c4*7-6-4-2-1-3-5-6;/h4*1-5,7H;/q;;;;+4/p-4. The van der Waals surface area contributed by atoms with Crippen LogP contribution in [0.4, 0.5) is 0 Å². The van der Waals surface area contributed by atoms with Crippen LogP contribution in [0.3, 0.4) is 0 Å². The van der Waals surface area contributed by atoms with Crippen LogP contribution < -0.4 is 14.6 Å². The molecule has 29 heavy (non-hydrogen) atoms. The summed E-state index contributed by atoms with van der Waals surface area (Å²) in [6, 6.07) is 37.7. The molecule has 0 N–H and O–H groups in total. The summed E-state index contributed by atoms with van der Waals surface area (Å²) in [6.45, 7) is 0. The van der Waals surface area contributed by atoms with E-state index in [-0.39, 0.29) is 0 Å². The fraction of sp³-hybridized carbons (Fsp3) is 0. The van der Waals surface area contributed by atoms with Gasteiger partial charge < -0.3 is 0 Å². The van der Waals surface area contributed by atoms with E-state index in [4.69, 9.17) is 14.6 Å². The van der Waals surface area contributed by atoms with Crippen LogP contribution in [0.25, 0.3) is 0 Å². The number of hydrogen-bond donors (Lipinski definition) is 0. The molecule has 0 aliphatic carbocycles. The van der Waals surface area contributed by atoms with E-state index in [1.54, 1.807) is 0 Å². The normalized spacial score (nSPS) is 10.8. The summed E-state index contributed by atoms with van der Waals surface area (Å²) in [5, 5.41) is 0. The molecular weight excluding hydrogens is 403 g/mol. The molecule has 5 heteroatoms. The van der Waals surface area contributed by atoms with Gasteiger partial charge in [-0.1, -0.05) is 0 Å². The Labute approximate surface area is 174 Å². The Balaban J connectivity index is 1.75. The first-order valence-electron chi connectivity index (χ1n) is 9.19. The number of rotatable bonds is 8. The number of hydrogen-bond acceptors (Lipinski definition) is 4. The summed E-state index contributed by atoms with van der Waals surface area (Å²) in [5.74, 6) is 2.45. The molecule has 0 heterocycles. The zero-order valence-electron chi connectivity index (χ0n) is 15.6. The molecule has 4 nitrogen and oxygen atoms in total. The second-order valence-corrected chi connectivity index (χ2v) is 8.60. The Kier molecular flexibility index (Phi) is 6.05. The Bertz CT molecular complexity index is 824. The summed E-state index contributed by atoms with van der Waals surface area (Å²) in [7, 11) is 0. The number of para-hydroxylation sites is 4. The SMILES string of the molecule is c1ccc([O][V]([O]c2ccccc2)([O]c2ccccc2)[O]c2ccccc2)cc1. The van der Waals surface area contributed by atoms with Gasteiger partial charge in [0.1, 0.15) is 0 Å². The van der Waals surface area contributed by atoms with E-state index >= 15 is 0 Å². The molecule has 4 aromatic carbocycles. The summed E-state index contributed by atoms with van der Waals surface area (Å²) < 4.78 is 25.3. The van der Waals surface area contributed by atoms with Gasteiger partial charge in [-0.25, -0.2) is 0 Å². The van der Waals surface area contributed by atoms with Gasteiger partial charge in [0.2, 0.25) is 0 Å². The summed E-state index contributed by atoms with van der Waals surface area (Å²) in [5.41, 5.74) is 0. The zero-order valence-corrected chi connectivity index (χ0v) is 17.0. The van der Waals surface area contributed by atoms with Gasteiger partial charge in [0, 0.05) is 0 Å². The van der Waals surface area contributed by atoms with Crippen molar-refractivity contribution in [3.63, 3.8) is 0 Å². The van der Waals surface area contributed by atoms with Crippen LogP contribution in [-0.2, 0) is 15.4 Å². The molecule has 0 aliphatic heterocycles. The average molecular weight is 423 g/mol. The molecule has 0 amide bonds. The van der Waals surface area contributed by atoms with E-state index in [1.807, 2.05) is 121 Å². The van der Waals surface area contributed by atoms with E-state index in [0.717, 1.165) is 0 Å². The van der Waals surface area contributed by atoms with Crippen molar-refractivity contribution in [2.24, 2.45) is 0 Å². The van der Waals surface area contributed by atoms with Crippen LogP contribution in [0.5, 0.6) is 23.0 Å². The van der Waals surface area contributed by atoms with Gasteiger partial charge in [0.15, 0.2) is 0 Å². The van der Waals surface area contributed by atoms with E-state index in [9.17, 15) is 0 Å². The molecule has 0 unspecified atom stereocenters. The second kappa shape index (κ2) is 9.24. The van der Waals surface area contributed by atoms with Gasteiger partial charge >= 0.3 is 174 Å². The van der Waals surface area contributed by atoms with Gasteiger partial charge in [-0.2, -0.15) is 0 Å². The first-order valence-corrected chi connectivity index (χ1v) is 11.5. The summed E-state index contributed by atoms with van der Waals surface area (Å²) in [4.78, 5) is 0. The van der Waals surface area contributed by atoms with Crippen LogP contribution in [-0.4, -0.2) is 0 Å². The Morgan fingerprint density at radius 2 is 0.517 bits per heavy atom. The fourth-order valence-corrected chi connectivity index (χ4v) is 5.28. The number of benzene rings is 4. The third-order valence-electron chi connectivity index (χ3n) is 3.84. The predicted octanol–water partition coefficient (Wildman–Crippen LogP) is 6.12. The molecule has 0 bridgehead atoms. The Hall–Kier alpha value is -3.34. The van der Waals surface area contributed by atoms with Crippen LogP contribution in [0.1, 0.15) is 0 Å². The van der Waals surface area contributed by atoms with E-state index in [0.29, 0.717) is 23.0 Å². The van der Waals surface area contributed by atoms with E-state index < -0.39 is 15.4 Å². The topological polar surface area (TPSA) is 36.9 Å². The third-order valence-corrected chi connectivity index (χ3v) is 6.56. The molecule has 4 aromatic rings. The van der Waals surface area contributed by atoms with Gasteiger partial charge in [-0.3, -0.25) is 0 Å². The predicted molar refractivity (Wildman–Crippen MR) is 108 cm³/mol. The first kappa shape index (κ1) is 19.0. The Morgan fingerprint density at radius 1 is 0.310 bits per heavy atom. The fourth-order valence-electron chi connectivity index (χ4n) is 2.55. The quantitative estimate of drug-likeness (QED) is 0.342. The minimum absolute atomic E-state index is 0.614. The van der Waals surface area contributed by atoms with Crippen LogP contribution >= 0.6 is 0 Å². The molecule has 0 saturated heterocycles. The molecule has 0 saturated carbocycles. The van der Waals surface area contributed by atoms with Crippen molar-refractivity contribution < 1.29 is 30.1 Å². The molecule has 0 radical (unpaired) electrons. The van der Waals surface area contributed by atoms with Crippen LogP contribution in [0.15, 0.2) is 121 Å². The average Bonchev–Trinajstić information content (AvgIpc) is 2.76. The molecule has 0 atom stereocenters. The molecule has 4 rings (SSSR count). The molecule has 0 aromatic heterocycles. The van der Waals surface area contributed by atoms with Gasteiger partial charge in [0.25, 0.3) is 0 Å². The monoisotopic (exact) mass is 423 g/mol. The molecule has 0 aliphatic rings. The minimum atomic E-state index is -4.20. The Morgan fingerprint density at radius 3 is 0.724 bits per heavy atom. The zero-order chi connectivity index (χ0) is 19.8. The van der Waals surface area contributed by atoms with Crippen molar-refractivity contribution in [1.29, 1.82) is 0 Å². The summed E-state index contributed by atoms with van der Waals surface area (Å²) in [6.07, 6.45) is 0. The third kappa shape index (κ3) is 5.35. The van der Waals surface area contributed by atoms with Crippen molar-refractivity contribution in [2.45, 2.75) is 0 Å². The maximum atomic E-state index is 6.32. The molecular formula is C24H20O4V. The van der Waals surface area contributed by atoms with Crippen molar-refractivity contribution in [2.75, 3.05) is 0 Å². The van der Waals surface area contributed by atoms with E-state index in [1.165, 1.54) is 0 Å². The first-order chi connectivity index (χ1) is 14.3. The van der Waals surface area contributed by atoms with Crippen molar-refractivity contribution in [1.82, 2.24) is 0 Å². The van der Waals surface area contributed by atoms with Crippen LogP contribution in [0.2, 0.25) is 0 Å². The second-order valence-electron chi connectivity index (χ2n) is 6.06. The molecule has 145 valence electrons. The molecule has 0 fully saturated rings. The van der Waals surface area contributed by atoms with Gasteiger partial charge in [-0.15, -0.1) is 0 Å². The molecule has 0 spiro atoms.